The highest BCUT2D eigenvalue weighted by atomic mass is 35.5. The molecule has 156 valence electrons. The van der Waals surface area contributed by atoms with E-state index in [-0.39, 0.29) is 16.7 Å². The van der Waals surface area contributed by atoms with Crippen LogP contribution in [0.15, 0.2) is 42.5 Å². The van der Waals surface area contributed by atoms with Crippen molar-refractivity contribution >= 4 is 40.9 Å². The Balaban J connectivity index is 2.10. The number of carbonyl (C=O) groups is 2. The van der Waals surface area contributed by atoms with Gasteiger partial charge in [0.25, 0.3) is 5.91 Å². The number of amides is 2. The van der Waals surface area contributed by atoms with Crippen LogP contribution >= 0.6 is 23.4 Å². The number of carbonyl (C=O) groups excluding carboxylic acids is 2. The number of nitrogens with one attached hydrogen (secondary N) is 2. The Morgan fingerprint density at radius 2 is 1.97 bits per heavy atom. The number of thioether (sulfide) groups is 1. The van der Waals surface area contributed by atoms with E-state index < -0.39 is 18.6 Å². The van der Waals surface area contributed by atoms with E-state index in [0.29, 0.717) is 23.4 Å². The summed E-state index contributed by atoms with van der Waals surface area (Å²) in [6, 6.07) is 10.2. The fourth-order valence-corrected chi connectivity index (χ4v) is 3.23. The van der Waals surface area contributed by atoms with Crippen LogP contribution < -0.4 is 15.4 Å². The summed E-state index contributed by atoms with van der Waals surface area (Å²) in [5.74, 6) is -0.313. The lowest BCUT2D eigenvalue weighted by Gasteiger charge is -2.19. The monoisotopic (exact) mass is 442 g/mol. The van der Waals surface area contributed by atoms with Gasteiger partial charge in [-0.1, -0.05) is 29.3 Å². The smallest absolute Gasteiger partial charge is 0.387 e. The average Bonchev–Trinajstić information content (AvgIpc) is 2.66. The molecule has 0 spiro atoms. The summed E-state index contributed by atoms with van der Waals surface area (Å²) in [5, 5.41) is 5.33. The first kappa shape index (κ1) is 23.0. The van der Waals surface area contributed by atoms with Crippen LogP contribution in [-0.4, -0.2) is 36.5 Å². The van der Waals surface area contributed by atoms with E-state index in [4.69, 9.17) is 11.6 Å². The van der Waals surface area contributed by atoms with Crippen molar-refractivity contribution in [3.63, 3.8) is 0 Å². The molecule has 0 aromatic heterocycles. The van der Waals surface area contributed by atoms with Crippen molar-refractivity contribution in [3.05, 3.63) is 58.6 Å². The van der Waals surface area contributed by atoms with E-state index in [1.807, 2.05) is 19.2 Å². The van der Waals surface area contributed by atoms with Crippen molar-refractivity contribution in [2.24, 2.45) is 0 Å². The molecule has 0 aliphatic heterocycles. The summed E-state index contributed by atoms with van der Waals surface area (Å²) in [6.07, 6.45) is 2.32. The van der Waals surface area contributed by atoms with Crippen molar-refractivity contribution in [2.45, 2.75) is 26.0 Å². The van der Waals surface area contributed by atoms with Crippen molar-refractivity contribution < 1.29 is 23.1 Å². The zero-order valence-electron chi connectivity index (χ0n) is 15.9. The predicted molar refractivity (Wildman–Crippen MR) is 112 cm³/mol. The molecule has 9 heteroatoms. The van der Waals surface area contributed by atoms with E-state index in [1.165, 1.54) is 18.2 Å². The second-order valence-electron chi connectivity index (χ2n) is 6.19. The molecule has 29 heavy (non-hydrogen) atoms. The Kier molecular flexibility index (Phi) is 8.72. The van der Waals surface area contributed by atoms with Gasteiger partial charge in [-0.2, -0.15) is 20.5 Å². The fourth-order valence-electron chi connectivity index (χ4n) is 2.53. The molecule has 0 radical (unpaired) electrons. The largest absolute Gasteiger partial charge is 0.433 e. The lowest BCUT2D eigenvalue weighted by atomic mass is 10.1. The maximum absolute atomic E-state index is 12.7. The van der Waals surface area contributed by atoms with Crippen LogP contribution in [0.4, 0.5) is 14.5 Å². The van der Waals surface area contributed by atoms with Gasteiger partial charge in [-0.25, -0.2) is 0 Å². The summed E-state index contributed by atoms with van der Waals surface area (Å²) in [6.45, 7) is -1.12. The maximum atomic E-state index is 12.7. The lowest BCUT2D eigenvalue weighted by Crippen LogP contribution is -2.44. The number of ether oxygens (including phenoxy) is 1. The number of aryl methyl sites for hydroxylation is 1. The Bertz CT molecular complexity index is 867. The number of alkyl halides is 2. The Morgan fingerprint density at radius 3 is 2.59 bits per heavy atom. The number of halogens is 3. The summed E-state index contributed by atoms with van der Waals surface area (Å²) >= 11 is 7.47. The zero-order chi connectivity index (χ0) is 21.4. The van der Waals surface area contributed by atoms with Gasteiger partial charge in [0.2, 0.25) is 5.91 Å². The molecule has 0 aliphatic rings. The van der Waals surface area contributed by atoms with Gasteiger partial charge in [0.05, 0.1) is 5.02 Å². The second kappa shape index (κ2) is 11.0. The molecule has 1 unspecified atom stereocenters. The number of hydrogen-bond acceptors (Lipinski definition) is 4. The highest BCUT2D eigenvalue weighted by Gasteiger charge is 2.22. The molecule has 2 rings (SSSR count). The predicted octanol–water partition coefficient (Wildman–Crippen LogP) is 4.74. The number of rotatable bonds is 9. The number of benzene rings is 2. The van der Waals surface area contributed by atoms with Gasteiger partial charge in [0.1, 0.15) is 11.8 Å². The van der Waals surface area contributed by atoms with Crippen LogP contribution in [0.25, 0.3) is 0 Å². The van der Waals surface area contributed by atoms with Gasteiger partial charge in [-0.3, -0.25) is 9.59 Å². The third-order valence-electron chi connectivity index (χ3n) is 3.93. The zero-order valence-corrected chi connectivity index (χ0v) is 17.4. The first-order chi connectivity index (χ1) is 13.8. The molecule has 0 aliphatic carbocycles. The number of anilines is 1. The Morgan fingerprint density at radius 1 is 1.21 bits per heavy atom. The van der Waals surface area contributed by atoms with Gasteiger partial charge in [-0.05, 0) is 55.7 Å². The number of hydrogen-bond donors (Lipinski definition) is 2. The third-order valence-corrected chi connectivity index (χ3v) is 4.87. The topological polar surface area (TPSA) is 67.4 Å². The van der Waals surface area contributed by atoms with E-state index in [2.05, 4.69) is 15.4 Å². The first-order valence-electron chi connectivity index (χ1n) is 8.72. The lowest BCUT2D eigenvalue weighted by molar-refractivity contribution is -0.118. The molecule has 0 saturated heterocycles. The molecule has 2 aromatic carbocycles. The molecule has 2 N–H and O–H groups in total. The van der Waals surface area contributed by atoms with Crippen molar-refractivity contribution in [1.29, 1.82) is 0 Å². The average molecular weight is 443 g/mol. The minimum absolute atomic E-state index is 0.0624. The van der Waals surface area contributed by atoms with Crippen LogP contribution in [0.5, 0.6) is 5.75 Å². The van der Waals surface area contributed by atoms with Crippen LogP contribution in [0.3, 0.4) is 0 Å². The summed E-state index contributed by atoms with van der Waals surface area (Å²) in [7, 11) is 0. The highest BCUT2D eigenvalue weighted by Crippen LogP contribution is 2.29. The van der Waals surface area contributed by atoms with Crippen molar-refractivity contribution in [2.75, 3.05) is 17.3 Å². The quantitative estimate of drug-likeness (QED) is 0.588. The molecule has 0 bridgehead atoms. The minimum atomic E-state index is -3.00. The molecule has 2 aromatic rings. The van der Waals surface area contributed by atoms with Gasteiger partial charge < -0.3 is 15.4 Å². The fraction of sp³-hybridized carbons (Fsp3) is 0.300. The van der Waals surface area contributed by atoms with Crippen LogP contribution in [0, 0.1) is 6.92 Å². The molecule has 0 saturated carbocycles. The standard InChI is InChI=1S/C20H21ClF2N2O3S/c1-12-4-3-5-13(10-12)18(26)25-16(8-9-29-2)19(27)24-14-6-7-17(15(21)11-14)28-20(22)23/h3-7,10-11,16,20H,8-9H2,1-2H3,(H,24,27)(H,25,26). The normalized spacial score (nSPS) is 11.8. The van der Waals surface area contributed by atoms with Gasteiger partial charge in [-0.15, -0.1) is 0 Å². The SMILES string of the molecule is CSCCC(NC(=O)c1cccc(C)c1)C(=O)Nc1ccc(OC(F)F)c(Cl)c1. The van der Waals surface area contributed by atoms with Crippen LogP contribution in [-0.2, 0) is 4.79 Å². The van der Waals surface area contributed by atoms with E-state index >= 15 is 0 Å². The molecule has 0 fully saturated rings. The Labute approximate surface area is 177 Å². The molecule has 2 amide bonds. The minimum Gasteiger partial charge on any atom is -0.433 e. The first-order valence-corrected chi connectivity index (χ1v) is 10.5. The van der Waals surface area contributed by atoms with E-state index in [0.717, 1.165) is 5.56 Å². The third kappa shape index (κ3) is 7.21. The highest BCUT2D eigenvalue weighted by molar-refractivity contribution is 7.98. The van der Waals surface area contributed by atoms with Crippen LogP contribution in [0.2, 0.25) is 5.02 Å². The molecule has 5 nitrogen and oxygen atoms in total. The molecule has 1 atom stereocenters. The summed E-state index contributed by atoms with van der Waals surface area (Å²) < 4.78 is 28.9. The molecular weight excluding hydrogens is 422 g/mol. The van der Waals surface area contributed by atoms with Gasteiger partial charge >= 0.3 is 6.61 Å². The molecule has 0 heterocycles. The van der Waals surface area contributed by atoms with E-state index in [9.17, 15) is 18.4 Å². The maximum Gasteiger partial charge on any atom is 0.387 e. The van der Waals surface area contributed by atoms with Gasteiger partial charge in [0, 0.05) is 11.3 Å². The van der Waals surface area contributed by atoms with E-state index in [1.54, 1.807) is 30.0 Å². The van der Waals surface area contributed by atoms with Crippen molar-refractivity contribution in [1.82, 2.24) is 5.32 Å². The molecular formula is C20H21ClF2N2O3S. The summed E-state index contributed by atoms with van der Waals surface area (Å²) in [5.41, 5.74) is 1.70. The summed E-state index contributed by atoms with van der Waals surface area (Å²) in [4.78, 5) is 25.2. The second-order valence-corrected chi connectivity index (χ2v) is 7.58. The van der Waals surface area contributed by atoms with Crippen molar-refractivity contribution in [3.8, 4) is 5.75 Å². The van der Waals surface area contributed by atoms with Crippen LogP contribution in [0.1, 0.15) is 22.3 Å². The Hall–Kier alpha value is -2.32. The van der Waals surface area contributed by atoms with Gasteiger partial charge in [0.15, 0.2) is 0 Å².